The van der Waals surface area contributed by atoms with Gasteiger partial charge in [0, 0.05) is 12.1 Å². The maximum atomic E-state index is 9.47. The summed E-state index contributed by atoms with van der Waals surface area (Å²) in [6.45, 7) is 4.57. The molecule has 0 amide bonds. The molecule has 0 aliphatic heterocycles. The van der Waals surface area contributed by atoms with Crippen LogP contribution in [0.15, 0.2) is 42.6 Å². The average molecular weight is 258 g/mol. The molecule has 0 fully saturated rings. The second-order valence-electron chi connectivity index (χ2n) is 4.28. The summed E-state index contributed by atoms with van der Waals surface area (Å²) in [6.07, 6.45) is 1.74. The Morgan fingerprint density at radius 1 is 1.32 bits per heavy atom. The van der Waals surface area contributed by atoms with Crippen molar-refractivity contribution in [3.63, 3.8) is 0 Å². The van der Waals surface area contributed by atoms with E-state index in [-0.39, 0.29) is 11.8 Å². The predicted molar refractivity (Wildman–Crippen MR) is 75.6 cm³/mol. The molecule has 0 bridgehead atoms. The van der Waals surface area contributed by atoms with Gasteiger partial charge >= 0.3 is 0 Å². The van der Waals surface area contributed by atoms with Gasteiger partial charge in [-0.3, -0.25) is 0 Å². The molecule has 19 heavy (non-hydrogen) atoms. The Balaban J connectivity index is 2.04. The number of phenols is 1. The van der Waals surface area contributed by atoms with Crippen molar-refractivity contribution in [1.29, 1.82) is 0 Å². The van der Waals surface area contributed by atoms with Crippen LogP contribution in [0.25, 0.3) is 0 Å². The number of aromatic nitrogens is 1. The number of phenolic OH excluding ortho intramolecular Hbond substituents is 1. The van der Waals surface area contributed by atoms with E-state index in [2.05, 4.69) is 10.3 Å². The molecular weight excluding hydrogens is 240 g/mol. The van der Waals surface area contributed by atoms with Gasteiger partial charge < -0.3 is 15.2 Å². The van der Waals surface area contributed by atoms with Gasteiger partial charge in [0.15, 0.2) is 0 Å². The predicted octanol–water partition coefficient (Wildman–Crippen LogP) is 3.36. The third-order valence-electron chi connectivity index (χ3n) is 2.78. The highest BCUT2D eigenvalue weighted by atomic mass is 16.5. The minimum atomic E-state index is 0.0897. The van der Waals surface area contributed by atoms with Crippen molar-refractivity contribution >= 4 is 5.69 Å². The molecule has 1 unspecified atom stereocenters. The monoisotopic (exact) mass is 258 g/mol. The first-order valence-electron chi connectivity index (χ1n) is 6.33. The maximum Gasteiger partial charge on any atom is 0.213 e. The molecule has 0 saturated heterocycles. The zero-order valence-corrected chi connectivity index (χ0v) is 11.1. The first-order valence-corrected chi connectivity index (χ1v) is 6.33. The van der Waals surface area contributed by atoms with Crippen LogP contribution in [0.3, 0.4) is 0 Å². The number of rotatable bonds is 5. The Morgan fingerprint density at radius 2 is 2.16 bits per heavy atom. The Kier molecular flexibility index (Phi) is 4.23. The number of benzene rings is 1. The van der Waals surface area contributed by atoms with Gasteiger partial charge in [-0.1, -0.05) is 12.1 Å². The van der Waals surface area contributed by atoms with Crippen molar-refractivity contribution in [3.05, 3.63) is 48.2 Å². The van der Waals surface area contributed by atoms with Crippen molar-refractivity contribution in [2.45, 2.75) is 19.9 Å². The third-order valence-corrected chi connectivity index (χ3v) is 2.78. The lowest BCUT2D eigenvalue weighted by Crippen LogP contribution is -2.06. The van der Waals surface area contributed by atoms with Gasteiger partial charge in [0.25, 0.3) is 0 Å². The SMILES string of the molecule is CCOc1ccc(NC(C)c2cccc(O)c2)cn1. The average Bonchev–Trinajstić information content (AvgIpc) is 2.41. The van der Waals surface area contributed by atoms with Crippen LogP contribution in [0.2, 0.25) is 0 Å². The van der Waals surface area contributed by atoms with Crippen LogP contribution in [-0.4, -0.2) is 16.7 Å². The molecular formula is C15H18N2O2. The molecule has 1 aromatic carbocycles. The van der Waals surface area contributed by atoms with E-state index in [1.165, 1.54) is 0 Å². The molecule has 0 spiro atoms. The summed E-state index contributed by atoms with van der Waals surface area (Å²) >= 11 is 0. The van der Waals surface area contributed by atoms with E-state index in [0.29, 0.717) is 12.5 Å². The van der Waals surface area contributed by atoms with Crippen molar-refractivity contribution in [2.75, 3.05) is 11.9 Å². The van der Waals surface area contributed by atoms with Gasteiger partial charge in [0.1, 0.15) is 5.75 Å². The van der Waals surface area contributed by atoms with E-state index in [1.807, 2.05) is 38.1 Å². The van der Waals surface area contributed by atoms with Gasteiger partial charge in [0.05, 0.1) is 18.5 Å². The van der Waals surface area contributed by atoms with Crippen LogP contribution < -0.4 is 10.1 Å². The van der Waals surface area contributed by atoms with Gasteiger partial charge in [-0.15, -0.1) is 0 Å². The Labute approximate surface area is 113 Å². The number of hydrogen-bond acceptors (Lipinski definition) is 4. The zero-order valence-electron chi connectivity index (χ0n) is 11.1. The number of ether oxygens (including phenoxy) is 1. The minimum absolute atomic E-state index is 0.0897. The second kappa shape index (κ2) is 6.09. The molecule has 1 atom stereocenters. The minimum Gasteiger partial charge on any atom is -0.508 e. The zero-order chi connectivity index (χ0) is 13.7. The Bertz CT molecular complexity index is 526. The first-order chi connectivity index (χ1) is 9.19. The lowest BCUT2D eigenvalue weighted by atomic mass is 10.1. The van der Waals surface area contributed by atoms with E-state index in [0.717, 1.165) is 11.3 Å². The van der Waals surface area contributed by atoms with Crippen LogP contribution in [0.5, 0.6) is 11.6 Å². The highest BCUT2D eigenvalue weighted by Crippen LogP contribution is 2.22. The molecule has 1 heterocycles. The summed E-state index contributed by atoms with van der Waals surface area (Å²) in [6, 6.07) is 11.1. The third kappa shape index (κ3) is 3.61. The molecule has 2 rings (SSSR count). The molecule has 0 aliphatic carbocycles. The van der Waals surface area contributed by atoms with E-state index in [9.17, 15) is 5.11 Å². The molecule has 2 aromatic rings. The largest absolute Gasteiger partial charge is 0.508 e. The number of anilines is 1. The van der Waals surface area contributed by atoms with E-state index in [4.69, 9.17) is 4.74 Å². The van der Waals surface area contributed by atoms with Gasteiger partial charge in [-0.25, -0.2) is 4.98 Å². The number of aromatic hydroxyl groups is 1. The smallest absolute Gasteiger partial charge is 0.213 e. The number of nitrogens with zero attached hydrogens (tertiary/aromatic N) is 1. The first kappa shape index (κ1) is 13.2. The summed E-state index contributed by atoms with van der Waals surface area (Å²) < 4.78 is 5.29. The van der Waals surface area contributed by atoms with E-state index >= 15 is 0 Å². The Hall–Kier alpha value is -2.23. The highest BCUT2D eigenvalue weighted by Gasteiger charge is 2.06. The van der Waals surface area contributed by atoms with E-state index < -0.39 is 0 Å². The molecule has 0 aliphatic rings. The van der Waals surface area contributed by atoms with Crippen LogP contribution >= 0.6 is 0 Å². The van der Waals surface area contributed by atoms with Crippen LogP contribution in [0.4, 0.5) is 5.69 Å². The molecule has 0 saturated carbocycles. The van der Waals surface area contributed by atoms with Gasteiger partial charge in [0.2, 0.25) is 5.88 Å². The van der Waals surface area contributed by atoms with Crippen molar-refractivity contribution in [3.8, 4) is 11.6 Å². The van der Waals surface area contributed by atoms with Crippen molar-refractivity contribution < 1.29 is 9.84 Å². The fraction of sp³-hybridized carbons (Fsp3) is 0.267. The summed E-state index contributed by atoms with van der Waals surface area (Å²) in [5, 5.41) is 12.8. The van der Waals surface area contributed by atoms with Crippen LogP contribution in [-0.2, 0) is 0 Å². The summed E-state index contributed by atoms with van der Waals surface area (Å²) in [7, 11) is 0. The lowest BCUT2D eigenvalue weighted by molar-refractivity contribution is 0.327. The number of pyridine rings is 1. The maximum absolute atomic E-state index is 9.47. The highest BCUT2D eigenvalue weighted by molar-refractivity contribution is 5.45. The molecule has 1 aromatic heterocycles. The summed E-state index contributed by atoms with van der Waals surface area (Å²) in [4.78, 5) is 4.20. The van der Waals surface area contributed by atoms with Gasteiger partial charge in [-0.05, 0) is 37.6 Å². The fourth-order valence-corrected chi connectivity index (χ4v) is 1.83. The standard InChI is InChI=1S/C15H18N2O2/c1-3-19-15-8-7-13(10-16-15)17-11(2)12-5-4-6-14(18)9-12/h4-11,17-18H,3H2,1-2H3. The molecule has 4 nitrogen and oxygen atoms in total. The normalized spacial score (nSPS) is 11.9. The summed E-state index contributed by atoms with van der Waals surface area (Å²) in [5.41, 5.74) is 1.94. The van der Waals surface area contributed by atoms with E-state index in [1.54, 1.807) is 18.3 Å². The fourth-order valence-electron chi connectivity index (χ4n) is 1.83. The second-order valence-corrected chi connectivity index (χ2v) is 4.28. The molecule has 0 radical (unpaired) electrons. The van der Waals surface area contributed by atoms with Crippen LogP contribution in [0.1, 0.15) is 25.5 Å². The van der Waals surface area contributed by atoms with Crippen LogP contribution in [0, 0.1) is 0 Å². The van der Waals surface area contributed by atoms with Gasteiger partial charge in [-0.2, -0.15) is 0 Å². The quantitative estimate of drug-likeness (QED) is 0.863. The Morgan fingerprint density at radius 3 is 2.79 bits per heavy atom. The van der Waals surface area contributed by atoms with Crippen molar-refractivity contribution in [2.24, 2.45) is 0 Å². The topological polar surface area (TPSA) is 54.4 Å². The molecule has 4 heteroatoms. The summed E-state index contributed by atoms with van der Waals surface area (Å²) in [5.74, 6) is 0.897. The van der Waals surface area contributed by atoms with Crippen molar-refractivity contribution in [1.82, 2.24) is 4.98 Å². The molecule has 100 valence electrons. The lowest BCUT2D eigenvalue weighted by Gasteiger charge is -2.15. The number of hydrogen-bond donors (Lipinski definition) is 2. The molecule has 2 N–H and O–H groups in total. The number of nitrogens with one attached hydrogen (secondary N) is 1.